The third kappa shape index (κ3) is 6.73. The van der Waals surface area contributed by atoms with Gasteiger partial charge in [0.2, 0.25) is 21.1 Å². The van der Waals surface area contributed by atoms with Crippen LogP contribution in [0.15, 0.2) is 199 Å². The molecule has 1 aliphatic heterocycles. The van der Waals surface area contributed by atoms with Crippen LogP contribution in [0.3, 0.4) is 0 Å². The molecule has 1 fully saturated rings. The summed E-state index contributed by atoms with van der Waals surface area (Å²) in [5, 5.41) is 2.28. The van der Waals surface area contributed by atoms with Crippen LogP contribution in [0.25, 0.3) is 43.0 Å². The van der Waals surface area contributed by atoms with Crippen molar-refractivity contribution in [2.75, 3.05) is 0 Å². The van der Waals surface area contributed by atoms with Crippen LogP contribution in [0, 0.1) is 17.8 Å². The van der Waals surface area contributed by atoms with Crippen LogP contribution in [-0.4, -0.2) is 0 Å². The number of rotatable bonds is 8. The highest BCUT2D eigenvalue weighted by Gasteiger charge is 2.56. The molecule has 9 rings (SSSR count). The van der Waals surface area contributed by atoms with E-state index in [1.54, 1.807) is 0 Å². The first-order valence-electron chi connectivity index (χ1n) is 18.3. The van der Waals surface area contributed by atoms with Gasteiger partial charge < -0.3 is 0 Å². The summed E-state index contributed by atoms with van der Waals surface area (Å²) >= 11 is 3.68. The highest BCUT2D eigenvalue weighted by molar-refractivity contribution is 8.11. The highest BCUT2D eigenvalue weighted by Crippen LogP contribution is 2.66. The number of hydrogen-bond donors (Lipinski definition) is 0. The lowest BCUT2D eigenvalue weighted by atomic mass is 9.86. The minimum atomic E-state index is 0.465. The molecule has 2 heteroatoms. The Labute approximate surface area is 315 Å². The van der Waals surface area contributed by atoms with Gasteiger partial charge in [0, 0.05) is 28.2 Å². The summed E-state index contributed by atoms with van der Waals surface area (Å²) in [6.45, 7) is 0. The van der Waals surface area contributed by atoms with E-state index in [0.29, 0.717) is 17.8 Å². The molecule has 1 saturated carbocycles. The SMILES string of the molecule is C1=CC(=C(c2ccccc2)C2C3CCC(C=Cc4cc(-c5ccccc5)[s+]c(-c5ccccc5)c4)=C(c4ccccc4)C32)C=C(c2ccccc2)S1. The monoisotopic (exact) mass is 703 g/mol. The van der Waals surface area contributed by atoms with Crippen LogP contribution in [0.2, 0.25) is 0 Å². The zero-order chi connectivity index (χ0) is 34.7. The number of fused-ring (bicyclic) bond motifs is 1. The Bertz CT molecular complexity index is 2290. The van der Waals surface area contributed by atoms with Crippen molar-refractivity contribution in [2.45, 2.75) is 12.8 Å². The van der Waals surface area contributed by atoms with E-state index in [0.717, 1.165) is 6.42 Å². The first kappa shape index (κ1) is 32.6. The zero-order valence-electron chi connectivity index (χ0n) is 28.9. The van der Waals surface area contributed by atoms with Crippen molar-refractivity contribution in [2.24, 2.45) is 17.8 Å². The van der Waals surface area contributed by atoms with Crippen LogP contribution >= 0.6 is 23.1 Å². The Hall–Kier alpha value is -5.28. The second-order valence-electron chi connectivity index (χ2n) is 13.8. The predicted octanol–water partition coefficient (Wildman–Crippen LogP) is 14.2. The summed E-state index contributed by atoms with van der Waals surface area (Å²) in [6, 6.07) is 59.5. The lowest BCUT2D eigenvalue weighted by Crippen LogP contribution is -2.01. The summed E-state index contributed by atoms with van der Waals surface area (Å²) < 4.78 is 0. The van der Waals surface area contributed by atoms with Crippen molar-refractivity contribution < 1.29 is 0 Å². The van der Waals surface area contributed by atoms with Gasteiger partial charge in [0.15, 0.2) is 0 Å². The van der Waals surface area contributed by atoms with E-state index >= 15 is 0 Å². The fourth-order valence-corrected chi connectivity index (χ4v) is 10.1. The molecule has 3 unspecified atom stereocenters. The van der Waals surface area contributed by atoms with Gasteiger partial charge in [-0.25, -0.2) is 0 Å². The van der Waals surface area contributed by atoms with Crippen molar-refractivity contribution in [1.29, 1.82) is 0 Å². The van der Waals surface area contributed by atoms with Crippen molar-refractivity contribution in [3.8, 4) is 20.9 Å². The third-order valence-corrected chi connectivity index (χ3v) is 12.6. The van der Waals surface area contributed by atoms with E-state index in [2.05, 4.69) is 194 Å². The molecule has 0 spiro atoms. The smallest absolute Gasteiger partial charge is 0.0974 e. The van der Waals surface area contributed by atoms with Gasteiger partial charge in [-0.3, -0.25) is 0 Å². The molecule has 0 bridgehead atoms. The maximum Gasteiger partial charge on any atom is 0.239 e. The van der Waals surface area contributed by atoms with Gasteiger partial charge in [0.05, 0.1) is 0 Å². The number of allylic oxidation sites excluding steroid dienone is 7. The van der Waals surface area contributed by atoms with E-state index in [-0.39, 0.29) is 0 Å². The minimum Gasteiger partial charge on any atom is -0.0974 e. The van der Waals surface area contributed by atoms with Crippen LogP contribution in [0.4, 0.5) is 0 Å². The van der Waals surface area contributed by atoms with Crippen LogP contribution in [0.5, 0.6) is 0 Å². The van der Waals surface area contributed by atoms with Gasteiger partial charge in [0.1, 0.15) is 0 Å². The lowest BCUT2D eigenvalue weighted by Gasteiger charge is -2.19. The number of benzene rings is 5. The molecule has 0 N–H and O–H groups in total. The summed E-state index contributed by atoms with van der Waals surface area (Å²) in [5.41, 5.74) is 13.6. The van der Waals surface area contributed by atoms with E-state index in [9.17, 15) is 0 Å². The van der Waals surface area contributed by atoms with Crippen molar-refractivity contribution in [1.82, 2.24) is 0 Å². The Morgan fingerprint density at radius 3 is 1.73 bits per heavy atom. The molecular weight excluding hydrogens is 665 g/mol. The first-order valence-corrected chi connectivity index (χ1v) is 20.0. The van der Waals surface area contributed by atoms with Gasteiger partial charge in [-0.2, -0.15) is 0 Å². The van der Waals surface area contributed by atoms with Gasteiger partial charge in [0.25, 0.3) is 0 Å². The van der Waals surface area contributed by atoms with Crippen molar-refractivity contribution >= 4 is 45.2 Å². The summed E-state index contributed by atoms with van der Waals surface area (Å²) in [5.74, 6) is 1.57. The molecule has 2 heterocycles. The Morgan fingerprint density at radius 1 is 0.596 bits per heavy atom. The minimum absolute atomic E-state index is 0.465. The van der Waals surface area contributed by atoms with Gasteiger partial charge in [-0.15, -0.1) is 0 Å². The molecule has 1 aromatic heterocycles. The summed E-state index contributed by atoms with van der Waals surface area (Å²) in [6.07, 6.45) is 11.9. The van der Waals surface area contributed by atoms with Crippen LogP contribution in [0.1, 0.15) is 35.1 Å². The molecule has 5 aromatic carbocycles. The van der Waals surface area contributed by atoms with E-state index in [1.165, 1.54) is 76.8 Å². The predicted molar refractivity (Wildman–Crippen MR) is 226 cm³/mol. The molecule has 0 saturated heterocycles. The van der Waals surface area contributed by atoms with Crippen LogP contribution < -0.4 is 0 Å². The van der Waals surface area contributed by atoms with Crippen molar-refractivity contribution in [3.05, 3.63) is 221 Å². The fourth-order valence-electron chi connectivity index (χ4n) is 8.16. The summed E-state index contributed by atoms with van der Waals surface area (Å²) in [7, 11) is 0. The van der Waals surface area contributed by atoms with E-state index in [4.69, 9.17) is 0 Å². The number of hydrogen-bond acceptors (Lipinski definition) is 1. The lowest BCUT2D eigenvalue weighted by molar-refractivity contribution is 0.667. The summed E-state index contributed by atoms with van der Waals surface area (Å²) in [4.78, 5) is 3.88. The Kier molecular flexibility index (Phi) is 9.25. The van der Waals surface area contributed by atoms with E-state index < -0.39 is 0 Å². The third-order valence-electron chi connectivity index (χ3n) is 10.6. The van der Waals surface area contributed by atoms with Gasteiger partial charge >= 0.3 is 0 Å². The molecule has 2 aliphatic carbocycles. The van der Waals surface area contributed by atoms with Gasteiger partial charge in [-0.05, 0) is 117 Å². The molecular formula is C50H39S2+. The molecule has 0 amide bonds. The maximum absolute atomic E-state index is 2.44. The largest absolute Gasteiger partial charge is 0.239 e. The Balaban J connectivity index is 1.14. The topological polar surface area (TPSA) is 0 Å². The van der Waals surface area contributed by atoms with E-state index in [1.807, 2.05) is 23.1 Å². The molecule has 3 aliphatic rings. The quantitative estimate of drug-likeness (QED) is 0.142. The molecule has 52 heavy (non-hydrogen) atoms. The fraction of sp³-hybridized carbons (Fsp3) is 0.100. The molecule has 0 nitrogen and oxygen atoms in total. The zero-order valence-corrected chi connectivity index (χ0v) is 30.6. The molecule has 0 radical (unpaired) electrons. The normalized spacial score (nSPS) is 20.4. The second kappa shape index (κ2) is 14.8. The first-order chi connectivity index (χ1) is 25.8. The number of thioether (sulfide) groups is 1. The second-order valence-corrected chi connectivity index (χ2v) is 15.8. The molecule has 250 valence electrons. The van der Waals surface area contributed by atoms with Crippen molar-refractivity contribution in [3.63, 3.8) is 0 Å². The Morgan fingerprint density at radius 2 is 1.13 bits per heavy atom. The van der Waals surface area contributed by atoms with Crippen LogP contribution in [-0.2, 0) is 0 Å². The highest BCUT2D eigenvalue weighted by atomic mass is 32.2. The molecule has 6 aromatic rings. The van der Waals surface area contributed by atoms with Gasteiger partial charge in [-0.1, -0.05) is 151 Å². The standard InChI is InChI=1S/C50H39S2/c1-6-16-36(17-7-1)44-34-42(30-31-51-44)48(40-24-14-5-15-25-40)50-43-29-28-41(47(49(43)50)39-22-12-4-13-23-39)27-26-35-32-45(37-18-8-2-9-19-37)52-46(33-35)38-20-10-3-11-21-38/h1-27,30-34,43,49-50H,28-29H2/q+1. The molecule has 3 atom stereocenters. The average Bonchev–Trinajstić information content (AvgIpc) is 3.95. The average molecular weight is 704 g/mol. The maximum atomic E-state index is 2.44.